The van der Waals surface area contributed by atoms with Crippen LogP contribution in [0.1, 0.15) is 6.42 Å². The minimum absolute atomic E-state index is 0.131. The lowest BCUT2D eigenvalue weighted by atomic mass is 10.1. The van der Waals surface area contributed by atoms with Crippen LogP contribution in [0, 0.1) is 6.08 Å². The maximum atomic E-state index is 12.2. The molecule has 0 heterocycles. The normalized spacial score (nSPS) is 18.6. The van der Waals surface area contributed by atoms with E-state index in [9.17, 15) is 4.39 Å². The Morgan fingerprint density at radius 3 is 2.88 bits per heavy atom. The summed E-state index contributed by atoms with van der Waals surface area (Å²) in [5, 5.41) is 0. The molecule has 1 radical (unpaired) electrons. The first-order valence-electron chi connectivity index (χ1n) is 2.41. The monoisotopic (exact) mass is 109 g/mol. The van der Waals surface area contributed by atoms with E-state index in [0.29, 0.717) is 12.0 Å². The minimum Gasteiger partial charge on any atom is -0.211 e. The van der Waals surface area contributed by atoms with Crippen molar-refractivity contribution < 1.29 is 4.39 Å². The molecule has 8 heavy (non-hydrogen) atoms. The molecule has 0 aromatic heterocycles. The fraction of sp³-hybridized carbons (Fsp3) is 0.143. The third-order valence-electron chi connectivity index (χ3n) is 0.934. The second kappa shape index (κ2) is 1.95. The number of hydrogen-bond acceptors (Lipinski definition) is 0. The first kappa shape index (κ1) is 5.29. The molecule has 0 unspecified atom stereocenters. The summed E-state index contributed by atoms with van der Waals surface area (Å²) in [6, 6.07) is 0. The van der Waals surface area contributed by atoms with Gasteiger partial charge < -0.3 is 0 Å². The van der Waals surface area contributed by atoms with Gasteiger partial charge in [-0.25, -0.2) is 4.39 Å². The lowest BCUT2D eigenvalue weighted by Gasteiger charge is -1.98. The first-order valence-corrected chi connectivity index (χ1v) is 2.41. The summed E-state index contributed by atoms with van der Waals surface area (Å²) in [6.07, 6.45) is 6.05. The third-order valence-corrected chi connectivity index (χ3v) is 0.934. The second-order valence-corrected chi connectivity index (χ2v) is 1.70. The molecule has 0 aromatic carbocycles. The lowest BCUT2D eigenvalue weighted by molar-refractivity contribution is 0.610. The highest BCUT2D eigenvalue weighted by atomic mass is 19.1. The highest BCUT2D eigenvalue weighted by molar-refractivity contribution is 5.24. The summed E-state index contributed by atoms with van der Waals surface area (Å²) >= 11 is 0. The van der Waals surface area contributed by atoms with Crippen molar-refractivity contribution in [3.05, 3.63) is 36.2 Å². The predicted octanol–water partition coefficient (Wildman–Crippen LogP) is 2.16. The van der Waals surface area contributed by atoms with Gasteiger partial charge in [-0.1, -0.05) is 12.7 Å². The van der Waals surface area contributed by atoms with E-state index in [1.54, 1.807) is 6.08 Å². The number of halogens is 1. The van der Waals surface area contributed by atoms with Crippen molar-refractivity contribution >= 4 is 0 Å². The first-order chi connectivity index (χ1) is 3.79. The van der Waals surface area contributed by atoms with E-state index in [2.05, 4.69) is 12.7 Å². The Labute approximate surface area is 48.0 Å². The Hall–Kier alpha value is -0.850. The van der Waals surface area contributed by atoms with Gasteiger partial charge in [-0.05, 0) is 17.7 Å². The Bertz CT molecular complexity index is 163. The molecular formula is C7H6F. The number of hydrogen-bond donors (Lipinski definition) is 0. The summed E-state index contributed by atoms with van der Waals surface area (Å²) in [6.45, 7) is 3.54. The van der Waals surface area contributed by atoms with Gasteiger partial charge in [0.1, 0.15) is 5.83 Å². The Kier molecular flexibility index (Phi) is 1.29. The predicted molar refractivity (Wildman–Crippen MR) is 30.8 cm³/mol. The van der Waals surface area contributed by atoms with Gasteiger partial charge in [0.15, 0.2) is 0 Å². The molecule has 1 rings (SSSR count). The molecule has 1 aliphatic rings. The quantitative estimate of drug-likeness (QED) is 0.447. The number of allylic oxidation sites excluding steroid dienone is 5. The third kappa shape index (κ3) is 1.06. The van der Waals surface area contributed by atoms with E-state index in [0.717, 1.165) is 0 Å². The van der Waals surface area contributed by atoms with Crippen LogP contribution in [0.5, 0.6) is 0 Å². The molecule has 0 spiro atoms. The van der Waals surface area contributed by atoms with E-state index in [-0.39, 0.29) is 5.83 Å². The zero-order chi connectivity index (χ0) is 5.98. The summed E-state index contributed by atoms with van der Waals surface area (Å²) in [4.78, 5) is 0. The molecule has 0 aromatic rings. The van der Waals surface area contributed by atoms with Crippen LogP contribution in [-0.2, 0) is 0 Å². The van der Waals surface area contributed by atoms with Crippen molar-refractivity contribution in [1.82, 2.24) is 0 Å². The van der Waals surface area contributed by atoms with E-state index in [1.807, 2.05) is 0 Å². The van der Waals surface area contributed by atoms with Crippen molar-refractivity contribution in [2.45, 2.75) is 6.42 Å². The minimum atomic E-state index is -0.131. The fourth-order valence-corrected chi connectivity index (χ4v) is 0.564. The van der Waals surface area contributed by atoms with Gasteiger partial charge in [0.25, 0.3) is 0 Å². The zero-order valence-electron chi connectivity index (χ0n) is 4.45. The summed E-state index contributed by atoms with van der Waals surface area (Å²) < 4.78 is 12.2. The van der Waals surface area contributed by atoms with Crippen LogP contribution >= 0.6 is 0 Å². The van der Waals surface area contributed by atoms with Crippen molar-refractivity contribution in [3.8, 4) is 0 Å². The van der Waals surface area contributed by atoms with Gasteiger partial charge in [-0.15, -0.1) is 0 Å². The average molecular weight is 109 g/mol. The van der Waals surface area contributed by atoms with E-state index in [4.69, 9.17) is 0 Å². The molecule has 1 aliphatic carbocycles. The van der Waals surface area contributed by atoms with E-state index >= 15 is 0 Å². The molecular weight excluding hydrogens is 103 g/mol. The van der Waals surface area contributed by atoms with Crippen molar-refractivity contribution in [2.24, 2.45) is 0 Å². The topological polar surface area (TPSA) is 0 Å². The molecule has 0 N–H and O–H groups in total. The van der Waals surface area contributed by atoms with Gasteiger partial charge in [0.2, 0.25) is 0 Å². The largest absolute Gasteiger partial charge is 0.211 e. The Morgan fingerprint density at radius 2 is 2.50 bits per heavy atom. The average Bonchev–Trinajstić information content (AvgIpc) is 1.64. The van der Waals surface area contributed by atoms with Crippen LogP contribution in [-0.4, -0.2) is 0 Å². The van der Waals surface area contributed by atoms with Crippen LogP contribution in [0.25, 0.3) is 0 Å². The molecule has 0 saturated carbocycles. The Balaban J connectivity index is 2.73. The zero-order valence-corrected chi connectivity index (χ0v) is 4.45. The van der Waals surface area contributed by atoms with Gasteiger partial charge in [-0.3, -0.25) is 0 Å². The summed E-state index contributed by atoms with van der Waals surface area (Å²) in [7, 11) is 0. The van der Waals surface area contributed by atoms with Crippen LogP contribution in [0.15, 0.2) is 30.1 Å². The van der Waals surface area contributed by atoms with Gasteiger partial charge in [-0.2, -0.15) is 0 Å². The maximum absolute atomic E-state index is 12.2. The smallest absolute Gasteiger partial charge is 0.104 e. The standard InChI is InChI=1S/C7H6F/c1-6-3-2-4-7(8)5-6/h2,4H,1,5H2. The van der Waals surface area contributed by atoms with Crippen molar-refractivity contribution in [3.63, 3.8) is 0 Å². The Morgan fingerprint density at radius 1 is 1.75 bits per heavy atom. The maximum Gasteiger partial charge on any atom is 0.104 e. The highest BCUT2D eigenvalue weighted by Crippen LogP contribution is 2.15. The molecule has 0 amide bonds. The molecule has 0 saturated heterocycles. The molecule has 0 atom stereocenters. The molecule has 41 valence electrons. The van der Waals surface area contributed by atoms with E-state index in [1.165, 1.54) is 6.08 Å². The van der Waals surface area contributed by atoms with E-state index < -0.39 is 0 Å². The molecule has 0 fully saturated rings. The van der Waals surface area contributed by atoms with Crippen molar-refractivity contribution in [1.29, 1.82) is 0 Å². The molecule has 0 nitrogen and oxygen atoms in total. The van der Waals surface area contributed by atoms with Gasteiger partial charge in [0.05, 0.1) is 0 Å². The van der Waals surface area contributed by atoms with Gasteiger partial charge in [0, 0.05) is 6.42 Å². The van der Waals surface area contributed by atoms with Crippen molar-refractivity contribution in [2.75, 3.05) is 0 Å². The number of rotatable bonds is 0. The fourth-order valence-electron chi connectivity index (χ4n) is 0.564. The van der Waals surface area contributed by atoms with Gasteiger partial charge >= 0.3 is 0 Å². The van der Waals surface area contributed by atoms with Crippen LogP contribution in [0.4, 0.5) is 4.39 Å². The highest BCUT2D eigenvalue weighted by Gasteiger charge is 1.98. The van der Waals surface area contributed by atoms with Crippen LogP contribution < -0.4 is 0 Å². The second-order valence-electron chi connectivity index (χ2n) is 1.70. The SMILES string of the molecule is C=C1[C]=CC=C(F)C1. The van der Waals surface area contributed by atoms with Crippen LogP contribution in [0.3, 0.4) is 0 Å². The molecule has 0 aliphatic heterocycles. The van der Waals surface area contributed by atoms with Crippen LogP contribution in [0.2, 0.25) is 0 Å². The lowest BCUT2D eigenvalue weighted by Crippen LogP contribution is -1.82. The summed E-state index contributed by atoms with van der Waals surface area (Å²) in [5.74, 6) is -0.131. The summed E-state index contributed by atoms with van der Waals surface area (Å²) in [5.41, 5.74) is 0.713. The molecule has 0 bridgehead atoms. The molecule has 1 heteroatoms.